The number of aliphatic hydroxyl groups is 1. The van der Waals surface area contributed by atoms with Gasteiger partial charge in [-0.2, -0.15) is 0 Å². The van der Waals surface area contributed by atoms with Crippen LogP contribution in [-0.2, 0) is 0 Å². The molecule has 0 aliphatic carbocycles. The number of halogens is 1. The minimum Gasteiger partial charge on any atom is -0.492 e. The number of nitrogens with two attached hydrogens (primary N) is 1. The summed E-state index contributed by atoms with van der Waals surface area (Å²) >= 11 is 5.95. The minimum absolute atomic E-state index is 0.246. The molecule has 0 spiro atoms. The summed E-state index contributed by atoms with van der Waals surface area (Å²) in [6.45, 7) is 2.75. The normalized spacial score (nSPS) is 10.4. The molecule has 0 aliphatic rings. The van der Waals surface area contributed by atoms with Gasteiger partial charge in [0.15, 0.2) is 0 Å². The Kier molecular flexibility index (Phi) is 6.97. The first kappa shape index (κ1) is 13.3. The van der Waals surface area contributed by atoms with Crippen LogP contribution in [0.2, 0.25) is 5.02 Å². The van der Waals surface area contributed by atoms with Crippen LogP contribution in [0.1, 0.15) is 12.8 Å². The molecule has 3 N–H and O–H groups in total. The number of hydrogen-bond donors (Lipinski definition) is 2. The third-order valence-corrected chi connectivity index (χ3v) is 2.54. The zero-order chi connectivity index (χ0) is 11.6. The quantitative estimate of drug-likeness (QED) is 0.672. The van der Waals surface area contributed by atoms with Crippen molar-refractivity contribution in [2.75, 3.05) is 26.3 Å². The van der Waals surface area contributed by atoms with Gasteiger partial charge < -0.3 is 15.2 Å². The lowest BCUT2D eigenvalue weighted by atomic mass is 10.3. The van der Waals surface area contributed by atoms with Gasteiger partial charge in [-0.25, -0.2) is 0 Å². The number of ether oxygens (including phenoxy) is 1. The Bertz CT molecular complexity index is 294. The monoisotopic (exact) mass is 244 g/mol. The Morgan fingerprint density at radius 2 is 2.00 bits per heavy atom. The summed E-state index contributed by atoms with van der Waals surface area (Å²) in [5.74, 6) is 0.753. The Morgan fingerprint density at radius 3 is 2.75 bits per heavy atom. The zero-order valence-corrected chi connectivity index (χ0v) is 10.1. The first-order valence-corrected chi connectivity index (χ1v) is 6.02. The van der Waals surface area contributed by atoms with Gasteiger partial charge in [0.1, 0.15) is 5.75 Å². The number of para-hydroxylation sites is 1. The van der Waals surface area contributed by atoms with Crippen molar-refractivity contribution >= 4 is 11.6 Å². The van der Waals surface area contributed by atoms with Crippen LogP contribution in [0.4, 0.5) is 0 Å². The van der Waals surface area contributed by atoms with Gasteiger partial charge in [0.25, 0.3) is 0 Å². The summed E-state index contributed by atoms with van der Waals surface area (Å²) in [5, 5.41) is 11.3. The molecule has 0 radical (unpaired) electrons. The number of unbranched alkanes of at least 4 members (excludes halogenated alkanes) is 1. The van der Waals surface area contributed by atoms with Crippen LogP contribution in [0, 0.1) is 0 Å². The fourth-order valence-corrected chi connectivity index (χ4v) is 1.56. The second-order valence-corrected chi connectivity index (χ2v) is 3.98. The first-order chi connectivity index (χ1) is 7.84. The van der Waals surface area contributed by atoms with Crippen molar-refractivity contribution in [3.8, 4) is 5.75 Å². The lowest BCUT2D eigenvalue weighted by Crippen LogP contribution is -2.85. The van der Waals surface area contributed by atoms with Gasteiger partial charge in [0, 0.05) is 0 Å². The highest BCUT2D eigenvalue weighted by molar-refractivity contribution is 6.32. The summed E-state index contributed by atoms with van der Waals surface area (Å²) in [6.07, 6.45) is 2.09. The fraction of sp³-hybridized carbons (Fsp3) is 0.500. The van der Waals surface area contributed by atoms with Crippen LogP contribution >= 0.6 is 11.6 Å². The smallest absolute Gasteiger partial charge is 0.137 e. The van der Waals surface area contributed by atoms with Gasteiger partial charge in [-0.1, -0.05) is 23.7 Å². The largest absolute Gasteiger partial charge is 0.492 e. The molecule has 0 aliphatic heterocycles. The molecule has 1 rings (SSSR count). The van der Waals surface area contributed by atoms with Gasteiger partial charge >= 0.3 is 0 Å². The van der Waals surface area contributed by atoms with Crippen molar-refractivity contribution in [3.05, 3.63) is 29.3 Å². The molecule has 90 valence electrons. The predicted octanol–water partition coefficient (Wildman–Crippen LogP) is 1.05. The maximum Gasteiger partial charge on any atom is 0.137 e. The molecule has 0 saturated heterocycles. The highest BCUT2D eigenvalue weighted by Gasteiger charge is 1.99. The molecule has 0 heterocycles. The third kappa shape index (κ3) is 5.35. The van der Waals surface area contributed by atoms with Crippen LogP contribution in [0.25, 0.3) is 0 Å². The SMILES string of the molecule is OCC[NH2+]CCCCOc1ccccc1Cl. The maximum atomic E-state index is 8.58. The Morgan fingerprint density at radius 1 is 1.19 bits per heavy atom. The molecule has 0 saturated carbocycles. The molecule has 3 nitrogen and oxygen atoms in total. The summed E-state index contributed by atoms with van der Waals surface area (Å²) in [6, 6.07) is 7.50. The van der Waals surface area contributed by atoms with E-state index in [1.165, 1.54) is 0 Å². The lowest BCUT2D eigenvalue weighted by molar-refractivity contribution is -0.656. The Labute approximate surface area is 101 Å². The molecular formula is C12H19ClNO2+. The number of benzene rings is 1. The summed E-state index contributed by atoms with van der Waals surface area (Å²) in [7, 11) is 0. The molecule has 0 aromatic heterocycles. The average molecular weight is 245 g/mol. The molecule has 1 aromatic carbocycles. The van der Waals surface area contributed by atoms with Crippen LogP contribution in [-0.4, -0.2) is 31.4 Å². The zero-order valence-electron chi connectivity index (χ0n) is 9.36. The number of hydrogen-bond acceptors (Lipinski definition) is 2. The van der Waals surface area contributed by atoms with E-state index >= 15 is 0 Å². The van der Waals surface area contributed by atoms with Crippen molar-refractivity contribution in [2.24, 2.45) is 0 Å². The number of aliphatic hydroxyl groups excluding tert-OH is 1. The third-order valence-electron chi connectivity index (χ3n) is 2.23. The summed E-state index contributed by atoms with van der Waals surface area (Å²) < 4.78 is 5.55. The molecule has 0 amide bonds. The second kappa shape index (κ2) is 8.39. The van der Waals surface area contributed by atoms with Gasteiger partial charge in [-0.05, 0) is 25.0 Å². The van der Waals surface area contributed by atoms with E-state index in [4.69, 9.17) is 21.4 Å². The van der Waals surface area contributed by atoms with E-state index in [0.29, 0.717) is 11.6 Å². The topological polar surface area (TPSA) is 46.1 Å². The van der Waals surface area contributed by atoms with E-state index in [2.05, 4.69) is 5.32 Å². The van der Waals surface area contributed by atoms with E-state index in [1.54, 1.807) is 0 Å². The van der Waals surface area contributed by atoms with E-state index < -0.39 is 0 Å². The van der Waals surface area contributed by atoms with E-state index in [1.807, 2.05) is 24.3 Å². The molecule has 1 aromatic rings. The standard InChI is InChI=1S/C12H18ClNO2/c13-11-5-1-2-6-12(11)16-10-4-3-7-14-8-9-15/h1-2,5-6,14-15H,3-4,7-10H2/p+1. The van der Waals surface area contributed by atoms with Gasteiger partial charge in [0.05, 0.1) is 31.3 Å². The van der Waals surface area contributed by atoms with Crippen LogP contribution < -0.4 is 10.1 Å². The van der Waals surface area contributed by atoms with Gasteiger partial charge in [0.2, 0.25) is 0 Å². The highest BCUT2D eigenvalue weighted by Crippen LogP contribution is 2.23. The van der Waals surface area contributed by atoms with E-state index in [9.17, 15) is 0 Å². The first-order valence-electron chi connectivity index (χ1n) is 5.64. The van der Waals surface area contributed by atoms with Crippen molar-refractivity contribution in [1.82, 2.24) is 0 Å². The lowest BCUT2D eigenvalue weighted by Gasteiger charge is -2.07. The van der Waals surface area contributed by atoms with Crippen molar-refractivity contribution in [2.45, 2.75) is 12.8 Å². The van der Waals surface area contributed by atoms with Crippen LogP contribution in [0.15, 0.2) is 24.3 Å². The Hall–Kier alpha value is -0.770. The molecule has 0 bridgehead atoms. The summed E-state index contributed by atoms with van der Waals surface area (Å²) in [4.78, 5) is 0. The molecule has 0 unspecified atom stereocenters. The molecule has 0 fully saturated rings. The van der Waals surface area contributed by atoms with Crippen LogP contribution in [0.5, 0.6) is 5.75 Å². The van der Waals surface area contributed by atoms with Gasteiger partial charge in [-0.3, -0.25) is 0 Å². The minimum atomic E-state index is 0.246. The van der Waals surface area contributed by atoms with E-state index in [0.717, 1.165) is 31.7 Å². The van der Waals surface area contributed by atoms with Crippen molar-refractivity contribution in [3.63, 3.8) is 0 Å². The predicted molar refractivity (Wildman–Crippen MR) is 64.9 cm³/mol. The molecule has 4 heteroatoms. The number of quaternary nitrogens is 1. The molecule has 0 atom stereocenters. The second-order valence-electron chi connectivity index (χ2n) is 3.58. The fourth-order valence-electron chi connectivity index (χ4n) is 1.37. The average Bonchev–Trinajstić information content (AvgIpc) is 2.30. The summed E-state index contributed by atoms with van der Waals surface area (Å²) in [5.41, 5.74) is 0. The van der Waals surface area contributed by atoms with Gasteiger partial charge in [-0.15, -0.1) is 0 Å². The maximum absolute atomic E-state index is 8.58. The molecular weight excluding hydrogens is 226 g/mol. The van der Waals surface area contributed by atoms with E-state index in [-0.39, 0.29) is 6.61 Å². The molecule has 16 heavy (non-hydrogen) atoms. The Balaban J connectivity index is 2.05. The van der Waals surface area contributed by atoms with Crippen molar-refractivity contribution in [1.29, 1.82) is 0 Å². The number of rotatable bonds is 8. The van der Waals surface area contributed by atoms with Crippen molar-refractivity contribution < 1.29 is 15.2 Å². The van der Waals surface area contributed by atoms with Crippen LogP contribution in [0.3, 0.4) is 0 Å². The highest BCUT2D eigenvalue weighted by atomic mass is 35.5.